The molecule has 0 bridgehead atoms. The van der Waals surface area contributed by atoms with E-state index in [1.54, 1.807) is 14.0 Å². The predicted molar refractivity (Wildman–Crippen MR) is 120 cm³/mol. The Morgan fingerprint density at radius 1 is 1.10 bits per heavy atom. The van der Waals surface area contributed by atoms with Crippen molar-refractivity contribution in [1.29, 1.82) is 0 Å². The smallest absolute Gasteiger partial charge is 0.306 e. The maximum absolute atomic E-state index is 11.0. The molecule has 2 aromatic carbocycles. The molecule has 2 atom stereocenters. The molecule has 0 radical (unpaired) electrons. The summed E-state index contributed by atoms with van der Waals surface area (Å²) in [4.78, 5) is 11.0. The number of aliphatic carboxylic acids is 1. The summed E-state index contributed by atoms with van der Waals surface area (Å²) in [5, 5.41) is 9.07. The molecule has 160 valence electrons. The number of rotatable bonds is 8. The fourth-order valence-corrected chi connectivity index (χ4v) is 3.39. The molecule has 0 saturated heterocycles. The molecule has 2 aliphatic carbocycles. The Morgan fingerprint density at radius 3 is 2.53 bits per heavy atom. The van der Waals surface area contributed by atoms with E-state index in [4.69, 9.17) is 14.6 Å². The summed E-state index contributed by atoms with van der Waals surface area (Å²) in [6, 6.07) is 15.9. The lowest BCUT2D eigenvalue weighted by Gasteiger charge is -2.14. The summed E-state index contributed by atoms with van der Waals surface area (Å²) < 4.78 is 11.3. The maximum Gasteiger partial charge on any atom is 0.306 e. The fraction of sp³-hybridized carbons (Fsp3) is 0.423. The third-order valence-corrected chi connectivity index (χ3v) is 5.35. The van der Waals surface area contributed by atoms with Gasteiger partial charge in [0.25, 0.3) is 0 Å². The van der Waals surface area contributed by atoms with Crippen LogP contribution in [0.15, 0.2) is 54.6 Å². The first kappa shape index (κ1) is 21.9. The fourth-order valence-electron chi connectivity index (χ4n) is 3.39. The second-order valence-electron chi connectivity index (χ2n) is 8.23. The number of carboxylic acids is 1. The van der Waals surface area contributed by atoms with Crippen LogP contribution in [0.5, 0.6) is 11.5 Å². The minimum Gasteiger partial charge on any atom is -0.497 e. The van der Waals surface area contributed by atoms with E-state index in [1.165, 1.54) is 30.4 Å². The van der Waals surface area contributed by atoms with Crippen LogP contribution in [0.25, 0.3) is 5.57 Å². The zero-order valence-electron chi connectivity index (χ0n) is 18.0. The standard InChI is InChI=1S/C23H26O4.C3H6/c1-16(23(24)25)11-17-5-3-8-22(13-17)27-15-18-9-10-20(12-18)19-6-4-7-21(14-19)26-2;1-2-3-1/h3-8,10,13-14,16,18H,9,11-12,15H2,1-2H3,(H,24,25);1-3H2. The molecule has 1 fully saturated rings. The van der Waals surface area contributed by atoms with Crippen molar-refractivity contribution in [3.8, 4) is 11.5 Å². The van der Waals surface area contributed by atoms with Gasteiger partial charge >= 0.3 is 5.97 Å². The summed E-state index contributed by atoms with van der Waals surface area (Å²) in [5.41, 5.74) is 3.54. The summed E-state index contributed by atoms with van der Waals surface area (Å²) in [6.07, 6.45) is 9.29. The average Bonchev–Trinajstić information content (AvgIpc) is 3.57. The molecule has 4 rings (SSSR count). The average molecular weight is 409 g/mol. The van der Waals surface area contributed by atoms with Crippen molar-refractivity contribution in [2.24, 2.45) is 11.8 Å². The molecule has 2 aromatic rings. The lowest BCUT2D eigenvalue weighted by Crippen LogP contribution is -2.12. The molecule has 1 N–H and O–H groups in total. The minimum atomic E-state index is -0.775. The number of ether oxygens (including phenoxy) is 2. The molecule has 2 aliphatic rings. The molecule has 0 aliphatic heterocycles. The van der Waals surface area contributed by atoms with Gasteiger partial charge < -0.3 is 14.6 Å². The van der Waals surface area contributed by atoms with Crippen molar-refractivity contribution in [2.45, 2.75) is 45.4 Å². The monoisotopic (exact) mass is 408 g/mol. The van der Waals surface area contributed by atoms with E-state index in [1.807, 2.05) is 36.4 Å². The van der Waals surface area contributed by atoms with Gasteiger partial charge in [-0.05, 0) is 60.2 Å². The number of benzene rings is 2. The molecule has 4 nitrogen and oxygen atoms in total. The Bertz CT molecular complexity index is 866. The van der Waals surface area contributed by atoms with Crippen LogP contribution in [0.2, 0.25) is 0 Å². The second kappa shape index (κ2) is 10.9. The number of hydrogen-bond acceptors (Lipinski definition) is 3. The highest BCUT2D eigenvalue weighted by atomic mass is 16.5. The Kier molecular flexibility index (Phi) is 7.95. The van der Waals surface area contributed by atoms with Crippen LogP contribution in [0, 0.1) is 11.8 Å². The zero-order valence-corrected chi connectivity index (χ0v) is 18.0. The number of allylic oxidation sites excluding steroid dienone is 2. The number of methoxy groups -OCH3 is 1. The molecule has 2 unspecified atom stereocenters. The van der Waals surface area contributed by atoms with Crippen molar-refractivity contribution in [2.75, 3.05) is 13.7 Å². The molecule has 30 heavy (non-hydrogen) atoms. The topological polar surface area (TPSA) is 55.8 Å². The van der Waals surface area contributed by atoms with E-state index < -0.39 is 11.9 Å². The van der Waals surface area contributed by atoms with Crippen LogP contribution in [-0.4, -0.2) is 24.8 Å². The van der Waals surface area contributed by atoms with Gasteiger partial charge in [-0.1, -0.05) is 56.5 Å². The van der Waals surface area contributed by atoms with Crippen LogP contribution < -0.4 is 9.47 Å². The SMILES string of the molecule is C1CC1.COc1cccc(C2=CCC(COc3cccc(CC(C)C(=O)O)c3)C2)c1. The Balaban J connectivity index is 0.000000782. The normalized spacial score (nSPS) is 17.9. The number of hydrogen-bond donors (Lipinski definition) is 1. The van der Waals surface area contributed by atoms with E-state index in [9.17, 15) is 4.79 Å². The maximum atomic E-state index is 11.0. The van der Waals surface area contributed by atoms with Crippen molar-refractivity contribution in [3.63, 3.8) is 0 Å². The third-order valence-electron chi connectivity index (χ3n) is 5.35. The minimum absolute atomic E-state index is 0.398. The highest BCUT2D eigenvalue weighted by molar-refractivity contribution is 5.70. The first-order valence-corrected chi connectivity index (χ1v) is 10.8. The van der Waals surface area contributed by atoms with E-state index in [0.717, 1.165) is 29.9 Å². The van der Waals surface area contributed by atoms with Crippen molar-refractivity contribution in [3.05, 3.63) is 65.7 Å². The van der Waals surface area contributed by atoms with Crippen LogP contribution in [-0.2, 0) is 11.2 Å². The van der Waals surface area contributed by atoms with Crippen molar-refractivity contribution in [1.82, 2.24) is 0 Å². The first-order valence-electron chi connectivity index (χ1n) is 10.8. The van der Waals surface area contributed by atoms with Crippen LogP contribution in [0.3, 0.4) is 0 Å². The Labute approximate surface area is 179 Å². The molecule has 1 saturated carbocycles. The van der Waals surface area contributed by atoms with Gasteiger partial charge in [0.2, 0.25) is 0 Å². The quantitative estimate of drug-likeness (QED) is 0.582. The lowest BCUT2D eigenvalue weighted by molar-refractivity contribution is -0.141. The first-order chi connectivity index (χ1) is 14.5. The van der Waals surface area contributed by atoms with Crippen molar-refractivity contribution < 1.29 is 19.4 Å². The molecule has 0 aromatic heterocycles. The largest absolute Gasteiger partial charge is 0.497 e. The summed E-state index contributed by atoms with van der Waals surface area (Å²) in [6.45, 7) is 2.38. The highest BCUT2D eigenvalue weighted by Crippen LogP contribution is 2.34. The van der Waals surface area contributed by atoms with Gasteiger partial charge in [-0.3, -0.25) is 4.79 Å². The zero-order chi connectivity index (χ0) is 21.3. The van der Waals surface area contributed by atoms with Crippen LogP contribution >= 0.6 is 0 Å². The van der Waals surface area contributed by atoms with E-state index in [0.29, 0.717) is 18.9 Å². The molecule has 0 spiro atoms. The van der Waals surface area contributed by atoms with Gasteiger partial charge in [0.05, 0.1) is 19.6 Å². The Hall–Kier alpha value is -2.75. The molecular weight excluding hydrogens is 376 g/mol. The van der Waals surface area contributed by atoms with Crippen molar-refractivity contribution >= 4 is 11.5 Å². The Morgan fingerprint density at radius 2 is 1.83 bits per heavy atom. The molecule has 4 heteroatoms. The number of carboxylic acid groups (broad SMARTS) is 1. The van der Waals surface area contributed by atoms with Gasteiger partial charge in [-0.2, -0.15) is 0 Å². The highest BCUT2D eigenvalue weighted by Gasteiger charge is 2.19. The van der Waals surface area contributed by atoms with Gasteiger partial charge in [0, 0.05) is 5.92 Å². The van der Waals surface area contributed by atoms with Gasteiger partial charge in [0.15, 0.2) is 0 Å². The van der Waals surface area contributed by atoms with Gasteiger partial charge in [0.1, 0.15) is 11.5 Å². The van der Waals surface area contributed by atoms with E-state index >= 15 is 0 Å². The molecule has 0 amide bonds. The molecule has 0 heterocycles. The van der Waals surface area contributed by atoms with Gasteiger partial charge in [-0.25, -0.2) is 0 Å². The summed E-state index contributed by atoms with van der Waals surface area (Å²) >= 11 is 0. The van der Waals surface area contributed by atoms with E-state index in [-0.39, 0.29) is 0 Å². The lowest BCUT2D eigenvalue weighted by atomic mass is 10.0. The van der Waals surface area contributed by atoms with E-state index in [2.05, 4.69) is 18.2 Å². The van der Waals surface area contributed by atoms with Crippen LogP contribution in [0.4, 0.5) is 0 Å². The summed E-state index contributed by atoms with van der Waals surface area (Å²) in [5.74, 6) is 0.960. The summed E-state index contributed by atoms with van der Waals surface area (Å²) in [7, 11) is 1.68. The van der Waals surface area contributed by atoms with Crippen LogP contribution in [0.1, 0.15) is 50.2 Å². The third kappa shape index (κ3) is 6.94. The molecular formula is C26H32O4. The second-order valence-corrected chi connectivity index (χ2v) is 8.23. The predicted octanol–water partition coefficient (Wildman–Crippen LogP) is 6.00. The number of carbonyl (C=O) groups is 1. The van der Waals surface area contributed by atoms with Gasteiger partial charge in [-0.15, -0.1) is 0 Å².